The maximum atomic E-state index is 12.0. The molecule has 1 atom stereocenters. The van der Waals surface area contributed by atoms with Gasteiger partial charge < -0.3 is 15.3 Å². The van der Waals surface area contributed by atoms with Gasteiger partial charge in [0.05, 0.1) is 0 Å². The highest BCUT2D eigenvalue weighted by Crippen LogP contribution is 2.14. The number of nitrogens with one attached hydrogen (secondary N) is 1. The topological polar surface area (TPSA) is 69.6 Å². The lowest BCUT2D eigenvalue weighted by molar-refractivity contribution is -0.137. The standard InChI is InChI=1S/C13H26N2O3/c1-9(2)10(3)15(6)12(18)14-13(4,5)8-7-11(16)17/h9-10H,7-8H2,1-6H3,(H,14,18)(H,16,17). The van der Waals surface area contributed by atoms with Gasteiger partial charge in [0.2, 0.25) is 0 Å². The zero-order valence-corrected chi connectivity index (χ0v) is 12.3. The second kappa shape index (κ2) is 6.61. The number of amides is 2. The van der Waals surface area contributed by atoms with E-state index in [4.69, 9.17) is 5.11 Å². The van der Waals surface area contributed by atoms with Crippen LogP contribution >= 0.6 is 0 Å². The fourth-order valence-electron chi connectivity index (χ4n) is 1.49. The predicted octanol–water partition coefficient (Wildman–Crippen LogP) is 2.32. The molecule has 5 nitrogen and oxygen atoms in total. The molecule has 0 spiro atoms. The van der Waals surface area contributed by atoms with Crippen LogP contribution in [0, 0.1) is 5.92 Å². The Bertz CT molecular complexity index is 301. The van der Waals surface area contributed by atoms with Crippen LogP contribution in [0.1, 0.15) is 47.5 Å². The summed E-state index contributed by atoms with van der Waals surface area (Å²) < 4.78 is 0. The third-order valence-electron chi connectivity index (χ3n) is 3.31. The normalized spacial score (nSPS) is 13.3. The number of hydrogen-bond donors (Lipinski definition) is 2. The molecule has 0 aromatic rings. The van der Waals surface area contributed by atoms with Crippen molar-refractivity contribution < 1.29 is 14.7 Å². The lowest BCUT2D eigenvalue weighted by Crippen LogP contribution is -2.52. The molecule has 0 saturated heterocycles. The van der Waals surface area contributed by atoms with Crippen LogP contribution in [0.5, 0.6) is 0 Å². The second-order valence-corrected chi connectivity index (χ2v) is 5.80. The monoisotopic (exact) mass is 258 g/mol. The van der Waals surface area contributed by atoms with Gasteiger partial charge in [-0.3, -0.25) is 4.79 Å². The third kappa shape index (κ3) is 5.89. The van der Waals surface area contributed by atoms with Crippen molar-refractivity contribution in [2.75, 3.05) is 7.05 Å². The van der Waals surface area contributed by atoms with Gasteiger partial charge in [-0.1, -0.05) is 13.8 Å². The number of urea groups is 1. The van der Waals surface area contributed by atoms with Gasteiger partial charge in [0.1, 0.15) is 0 Å². The average molecular weight is 258 g/mol. The van der Waals surface area contributed by atoms with Gasteiger partial charge in [0, 0.05) is 25.0 Å². The summed E-state index contributed by atoms with van der Waals surface area (Å²) in [6.07, 6.45) is 0.467. The van der Waals surface area contributed by atoms with Crippen LogP contribution in [0.25, 0.3) is 0 Å². The Morgan fingerprint density at radius 1 is 1.28 bits per heavy atom. The minimum Gasteiger partial charge on any atom is -0.481 e. The number of nitrogens with zero attached hydrogens (tertiary/aromatic N) is 1. The van der Waals surface area contributed by atoms with Crippen molar-refractivity contribution in [3.63, 3.8) is 0 Å². The van der Waals surface area contributed by atoms with Gasteiger partial charge >= 0.3 is 12.0 Å². The summed E-state index contributed by atoms with van der Waals surface area (Å²) in [6, 6.07) is -0.0214. The van der Waals surface area contributed by atoms with Crippen LogP contribution in [0.15, 0.2) is 0 Å². The van der Waals surface area contributed by atoms with Crippen LogP contribution in [-0.4, -0.2) is 40.6 Å². The molecule has 18 heavy (non-hydrogen) atoms. The highest BCUT2D eigenvalue weighted by atomic mass is 16.4. The van der Waals surface area contributed by atoms with E-state index in [-0.39, 0.29) is 18.5 Å². The Kier molecular flexibility index (Phi) is 6.15. The number of carbonyl (C=O) groups is 2. The second-order valence-electron chi connectivity index (χ2n) is 5.80. The van der Waals surface area contributed by atoms with Crippen molar-refractivity contribution in [3.05, 3.63) is 0 Å². The van der Waals surface area contributed by atoms with E-state index < -0.39 is 11.5 Å². The van der Waals surface area contributed by atoms with E-state index in [0.29, 0.717) is 12.3 Å². The number of carbonyl (C=O) groups excluding carboxylic acids is 1. The van der Waals surface area contributed by atoms with E-state index in [1.165, 1.54) is 0 Å². The predicted molar refractivity (Wildman–Crippen MR) is 71.5 cm³/mol. The largest absolute Gasteiger partial charge is 0.481 e. The van der Waals surface area contributed by atoms with E-state index in [1.807, 2.05) is 20.8 Å². The number of aliphatic carboxylic acids is 1. The zero-order valence-electron chi connectivity index (χ0n) is 12.3. The maximum absolute atomic E-state index is 12.0. The van der Waals surface area contributed by atoms with Gasteiger partial charge in [0.25, 0.3) is 0 Å². The average Bonchev–Trinajstić information content (AvgIpc) is 2.23. The Morgan fingerprint density at radius 3 is 2.17 bits per heavy atom. The quantitative estimate of drug-likeness (QED) is 0.768. The molecule has 106 valence electrons. The SMILES string of the molecule is CC(C)C(C)N(C)C(=O)NC(C)(C)CCC(=O)O. The molecule has 0 fully saturated rings. The smallest absolute Gasteiger partial charge is 0.317 e. The first-order chi connectivity index (χ1) is 8.07. The molecule has 5 heteroatoms. The number of carboxylic acid groups (broad SMARTS) is 1. The molecule has 0 aromatic carbocycles. The van der Waals surface area contributed by atoms with Gasteiger partial charge in [-0.05, 0) is 33.1 Å². The summed E-state index contributed by atoms with van der Waals surface area (Å²) in [5.74, 6) is -0.468. The zero-order chi connectivity index (χ0) is 14.5. The molecule has 0 radical (unpaired) electrons. The van der Waals surface area contributed by atoms with E-state index in [2.05, 4.69) is 19.2 Å². The number of rotatable bonds is 6. The van der Waals surface area contributed by atoms with E-state index >= 15 is 0 Å². The van der Waals surface area contributed by atoms with E-state index in [1.54, 1.807) is 11.9 Å². The van der Waals surface area contributed by atoms with Gasteiger partial charge in [-0.15, -0.1) is 0 Å². The van der Waals surface area contributed by atoms with Crippen LogP contribution in [0.3, 0.4) is 0 Å². The van der Waals surface area contributed by atoms with E-state index in [9.17, 15) is 9.59 Å². The molecule has 0 aliphatic heterocycles. The first kappa shape index (κ1) is 16.7. The minimum absolute atomic E-state index is 0.0523. The van der Waals surface area contributed by atoms with Crippen molar-refractivity contribution in [2.45, 2.75) is 59.0 Å². The molecule has 0 aliphatic rings. The summed E-state index contributed by atoms with van der Waals surface area (Å²) in [5, 5.41) is 11.5. The lowest BCUT2D eigenvalue weighted by Gasteiger charge is -2.33. The first-order valence-electron chi connectivity index (χ1n) is 6.33. The van der Waals surface area contributed by atoms with E-state index in [0.717, 1.165) is 0 Å². The van der Waals surface area contributed by atoms with Crippen molar-refractivity contribution in [1.82, 2.24) is 10.2 Å². The molecule has 1 unspecified atom stereocenters. The van der Waals surface area contributed by atoms with Crippen molar-refractivity contribution >= 4 is 12.0 Å². The van der Waals surface area contributed by atoms with Crippen molar-refractivity contribution in [2.24, 2.45) is 5.92 Å². The molecule has 0 saturated carbocycles. The summed E-state index contributed by atoms with van der Waals surface area (Å²) in [4.78, 5) is 24.2. The molecule has 2 N–H and O–H groups in total. The Labute approximate surface area is 110 Å². The van der Waals surface area contributed by atoms with Gasteiger partial charge in [-0.25, -0.2) is 4.79 Å². The first-order valence-corrected chi connectivity index (χ1v) is 6.33. The van der Waals surface area contributed by atoms with Gasteiger partial charge in [0.15, 0.2) is 0 Å². The number of carboxylic acids is 1. The van der Waals surface area contributed by atoms with Crippen molar-refractivity contribution in [3.8, 4) is 0 Å². The molecule has 0 bridgehead atoms. The number of hydrogen-bond acceptors (Lipinski definition) is 2. The molecule has 0 aliphatic carbocycles. The fourth-order valence-corrected chi connectivity index (χ4v) is 1.49. The Hall–Kier alpha value is -1.26. The van der Waals surface area contributed by atoms with Gasteiger partial charge in [-0.2, -0.15) is 0 Å². The maximum Gasteiger partial charge on any atom is 0.317 e. The highest BCUT2D eigenvalue weighted by Gasteiger charge is 2.25. The lowest BCUT2D eigenvalue weighted by atomic mass is 9.98. The minimum atomic E-state index is -0.846. The summed E-state index contributed by atoms with van der Waals surface area (Å²) in [6.45, 7) is 9.78. The molecule has 0 heterocycles. The molecular formula is C13H26N2O3. The van der Waals surface area contributed by atoms with Crippen LogP contribution in [-0.2, 0) is 4.79 Å². The molecule has 0 rings (SSSR count). The van der Waals surface area contributed by atoms with Crippen LogP contribution in [0.4, 0.5) is 4.79 Å². The Balaban J connectivity index is 4.41. The summed E-state index contributed by atoms with van der Waals surface area (Å²) in [7, 11) is 1.76. The summed E-state index contributed by atoms with van der Waals surface area (Å²) in [5.41, 5.74) is -0.513. The molecule has 0 aromatic heterocycles. The highest BCUT2D eigenvalue weighted by molar-refractivity contribution is 5.75. The van der Waals surface area contributed by atoms with Crippen LogP contribution < -0.4 is 5.32 Å². The van der Waals surface area contributed by atoms with Crippen molar-refractivity contribution in [1.29, 1.82) is 0 Å². The fraction of sp³-hybridized carbons (Fsp3) is 0.846. The Morgan fingerprint density at radius 2 is 1.78 bits per heavy atom. The van der Waals surface area contributed by atoms with Crippen LogP contribution in [0.2, 0.25) is 0 Å². The third-order valence-corrected chi connectivity index (χ3v) is 3.31. The molecule has 2 amide bonds. The summed E-state index contributed by atoms with van der Waals surface area (Å²) >= 11 is 0. The molecular weight excluding hydrogens is 232 g/mol.